The number of pyridine rings is 1. The molecule has 4 nitrogen and oxygen atoms in total. The van der Waals surface area contributed by atoms with Crippen molar-refractivity contribution in [1.29, 1.82) is 0 Å². The second-order valence-electron chi connectivity index (χ2n) is 4.93. The average molecular weight is 250 g/mol. The van der Waals surface area contributed by atoms with Crippen LogP contribution in [0.4, 0.5) is 5.82 Å². The minimum atomic E-state index is -0.568. The van der Waals surface area contributed by atoms with Crippen molar-refractivity contribution in [3.05, 3.63) is 18.2 Å². The van der Waals surface area contributed by atoms with E-state index in [0.717, 1.165) is 31.5 Å². The van der Waals surface area contributed by atoms with Crippen LogP contribution in [0.1, 0.15) is 39.0 Å². The van der Waals surface area contributed by atoms with Crippen molar-refractivity contribution in [3.8, 4) is 5.88 Å². The van der Waals surface area contributed by atoms with Crippen LogP contribution in [0.5, 0.6) is 5.88 Å². The molecule has 0 aliphatic heterocycles. The summed E-state index contributed by atoms with van der Waals surface area (Å²) in [5, 5.41) is 13.6. The van der Waals surface area contributed by atoms with Crippen molar-refractivity contribution < 1.29 is 9.84 Å². The first-order chi connectivity index (χ1) is 8.72. The topological polar surface area (TPSA) is 54.4 Å². The molecule has 1 heterocycles. The van der Waals surface area contributed by atoms with Gasteiger partial charge in [0, 0.05) is 12.6 Å². The summed E-state index contributed by atoms with van der Waals surface area (Å²) in [6, 6.07) is 5.64. The van der Waals surface area contributed by atoms with Gasteiger partial charge in [-0.05, 0) is 25.8 Å². The van der Waals surface area contributed by atoms with E-state index in [0.29, 0.717) is 19.0 Å². The Morgan fingerprint density at radius 3 is 2.83 bits per heavy atom. The Bertz CT molecular complexity index is 376. The Labute approximate surface area is 108 Å². The molecule has 2 N–H and O–H groups in total. The van der Waals surface area contributed by atoms with E-state index >= 15 is 0 Å². The summed E-state index contributed by atoms with van der Waals surface area (Å²) in [5.74, 6) is 1.39. The highest BCUT2D eigenvalue weighted by molar-refractivity contribution is 5.37. The van der Waals surface area contributed by atoms with E-state index in [2.05, 4.69) is 10.3 Å². The quantitative estimate of drug-likeness (QED) is 0.843. The van der Waals surface area contributed by atoms with Gasteiger partial charge in [0.15, 0.2) is 0 Å². The van der Waals surface area contributed by atoms with Crippen molar-refractivity contribution in [2.75, 3.05) is 18.5 Å². The minimum Gasteiger partial charge on any atom is -0.478 e. The van der Waals surface area contributed by atoms with Crippen LogP contribution < -0.4 is 10.1 Å². The molecular formula is C14H22N2O2. The second kappa shape index (κ2) is 6.05. The van der Waals surface area contributed by atoms with Crippen LogP contribution in [0.3, 0.4) is 0 Å². The molecule has 0 amide bonds. The molecular weight excluding hydrogens is 228 g/mol. The van der Waals surface area contributed by atoms with Crippen molar-refractivity contribution >= 4 is 5.82 Å². The van der Waals surface area contributed by atoms with Crippen LogP contribution in [0.2, 0.25) is 0 Å². The van der Waals surface area contributed by atoms with Gasteiger partial charge in [0.05, 0.1) is 12.2 Å². The minimum absolute atomic E-state index is 0.565. The molecule has 0 atom stereocenters. The number of nitrogens with zero attached hydrogens (tertiary/aromatic N) is 1. The van der Waals surface area contributed by atoms with E-state index < -0.39 is 5.60 Å². The average Bonchev–Trinajstić information content (AvgIpc) is 2.38. The lowest BCUT2D eigenvalue weighted by atomic mass is 9.85. The van der Waals surface area contributed by atoms with Crippen molar-refractivity contribution in [3.63, 3.8) is 0 Å². The molecule has 1 aliphatic rings. The van der Waals surface area contributed by atoms with E-state index in [1.165, 1.54) is 6.42 Å². The van der Waals surface area contributed by atoms with Gasteiger partial charge in [0.25, 0.3) is 0 Å². The van der Waals surface area contributed by atoms with Gasteiger partial charge in [0.2, 0.25) is 5.88 Å². The molecule has 1 saturated carbocycles. The molecule has 100 valence electrons. The summed E-state index contributed by atoms with van der Waals surface area (Å²) in [4.78, 5) is 4.33. The Hall–Kier alpha value is -1.29. The van der Waals surface area contributed by atoms with Gasteiger partial charge in [0.1, 0.15) is 5.82 Å². The molecule has 4 heteroatoms. The van der Waals surface area contributed by atoms with Crippen LogP contribution >= 0.6 is 0 Å². The number of rotatable bonds is 5. The van der Waals surface area contributed by atoms with Gasteiger partial charge < -0.3 is 15.2 Å². The highest BCUT2D eigenvalue weighted by Gasteiger charge is 2.28. The lowest BCUT2D eigenvalue weighted by Crippen LogP contribution is -2.38. The van der Waals surface area contributed by atoms with Gasteiger partial charge in [-0.25, -0.2) is 0 Å². The highest BCUT2D eigenvalue weighted by Crippen LogP contribution is 2.28. The fourth-order valence-electron chi connectivity index (χ4n) is 2.38. The second-order valence-corrected chi connectivity index (χ2v) is 4.93. The third-order valence-corrected chi connectivity index (χ3v) is 3.40. The smallest absolute Gasteiger partial charge is 0.215 e. The van der Waals surface area contributed by atoms with E-state index in [9.17, 15) is 5.11 Å². The number of aromatic nitrogens is 1. The lowest BCUT2D eigenvalue weighted by Gasteiger charge is -2.32. The summed E-state index contributed by atoms with van der Waals surface area (Å²) in [7, 11) is 0. The predicted octanol–water partition coefficient (Wildman–Crippen LogP) is 2.59. The van der Waals surface area contributed by atoms with Crippen LogP contribution in [0.25, 0.3) is 0 Å². The number of nitrogens with one attached hydrogen (secondary N) is 1. The van der Waals surface area contributed by atoms with Crippen molar-refractivity contribution in [2.45, 2.75) is 44.6 Å². The highest BCUT2D eigenvalue weighted by atomic mass is 16.5. The van der Waals surface area contributed by atoms with E-state index in [1.807, 2.05) is 25.1 Å². The molecule has 0 saturated heterocycles. The van der Waals surface area contributed by atoms with E-state index in [-0.39, 0.29) is 0 Å². The van der Waals surface area contributed by atoms with Gasteiger partial charge in [-0.2, -0.15) is 4.98 Å². The maximum Gasteiger partial charge on any atom is 0.215 e. The fraction of sp³-hybridized carbons (Fsp3) is 0.643. The van der Waals surface area contributed by atoms with Crippen LogP contribution in [0.15, 0.2) is 18.2 Å². The third-order valence-electron chi connectivity index (χ3n) is 3.40. The molecule has 1 fully saturated rings. The Morgan fingerprint density at radius 1 is 1.33 bits per heavy atom. The number of aliphatic hydroxyl groups is 1. The lowest BCUT2D eigenvalue weighted by molar-refractivity contribution is 0.0166. The molecule has 2 rings (SSSR count). The van der Waals surface area contributed by atoms with Crippen LogP contribution in [0, 0.1) is 0 Å². The summed E-state index contributed by atoms with van der Waals surface area (Å²) < 4.78 is 5.35. The van der Waals surface area contributed by atoms with Gasteiger partial charge in [-0.15, -0.1) is 0 Å². The van der Waals surface area contributed by atoms with Gasteiger partial charge in [-0.3, -0.25) is 0 Å². The molecule has 0 bridgehead atoms. The Balaban J connectivity index is 1.90. The molecule has 1 aromatic rings. The fourth-order valence-corrected chi connectivity index (χ4v) is 2.38. The van der Waals surface area contributed by atoms with Crippen molar-refractivity contribution in [2.24, 2.45) is 0 Å². The zero-order valence-corrected chi connectivity index (χ0v) is 11.0. The molecule has 18 heavy (non-hydrogen) atoms. The summed E-state index contributed by atoms with van der Waals surface area (Å²) in [6.07, 6.45) is 5.23. The summed E-state index contributed by atoms with van der Waals surface area (Å²) >= 11 is 0. The van der Waals surface area contributed by atoms with Crippen molar-refractivity contribution in [1.82, 2.24) is 4.98 Å². The number of anilines is 1. The zero-order valence-electron chi connectivity index (χ0n) is 11.0. The van der Waals surface area contributed by atoms with Gasteiger partial charge in [-0.1, -0.05) is 25.3 Å². The molecule has 0 spiro atoms. The first-order valence-electron chi connectivity index (χ1n) is 6.78. The summed E-state index contributed by atoms with van der Waals surface area (Å²) in [6.45, 7) is 3.11. The first kappa shape index (κ1) is 13.1. The molecule has 1 aromatic heterocycles. The van der Waals surface area contributed by atoms with Crippen LogP contribution in [-0.2, 0) is 0 Å². The molecule has 0 aromatic carbocycles. The first-order valence-corrected chi connectivity index (χ1v) is 6.78. The third kappa shape index (κ3) is 3.60. The maximum absolute atomic E-state index is 10.4. The summed E-state index contributed by atoms with van der Waals surface area (Å²) in [5.41, 5.74) is -0.568. The molecule has 1 aliphatic carbocycles. The normalized spacial score (nSPS) is 18.3. The number of hydrogen-bond donors (Lipinski definition) is 2. The zero-order chi connectivity index (χ0) is 12.8. The van der Waals surface area contributed by atoms with E-state index in [4.69, 9.17) is 4.74 Å². The predicted molar refractivity (Wildman–Crippen MR) is 71.9 cm³/mol. The SMILES string of the molecule is CCOc1cccc(NCC2(O)CCCCC2)n1. The largest absolute Gasteiger partial charge is 0.478 e. The standard InChI is InChI=1S/C14H22N2O2/c1-2-18-13-8-6-7-12(16-13)15-11-14(17)9-4-3-5-10-14/h6-8,17H,2-5,9-11H2,1H3,(H,15,16). The number of hydrogen-bond acceptors (Lipinski definition) is 4. The van der Waals surface area contributed by atoms with Gasteiger partial charge >= 0.3 is 0 Å². The Kier molecular flexibility index (Phi) is 4.42. The Morgan fingerprint density at radius 2 is 2.11 bits per heavy atom. The number of ether oxygens (including phenoxy) is 1. The molecule has 0 radical (unpaired) electrons. The van der Waals surface area contributed by atoms with Crippen LogP contribution in [-0.4, -0.2) is 28.8 Å². The monoisotopic (exact) mass is 250 g/mol. The maximum atomic E-state index is 10.4. The van der Waals surface area contributed by atoms with E-state index in [1.54, 1.807) is 0 Å². The molecule has 0 unspecified atom stereocenters.